The molecule has 5 nitrogen and oxygen atoms in total. The topological polar surface area (TPSA) is 73.2 Å². The predicted molar refractivity (Wildman–Crippen MR) is 65.0 cm³/mol. The van der Waals surface area contributed by atoms with E-state index in [2.05, 4.69) is 9.97 Å². The van der Waals surface area contributed by atoms with Crippen LogP contribution in [0.4, 0.5) is 0 Å². The lowest BCUT2D eigenvalue weighted by molar-refractivity contribution is 0.355. The zero-order valence-electron chi connectivity index (χ0n) is 9.86. The van der Waals surface area contributed by atoms with Gasteiger partial charge in [0.1, 0.15) is 5.82 Å². The Hall–Kier alpha value is -2.01. The lowest BCUT2D eigenvalue weighted by atomic mass is 10.1. The summed E-state index contributed by atoms with van der Waals surface area (Å²) in [7, 11) is 3.22. The third-order valence-electron chi connectivity index (χ3n) is 2.52. The number of hydrogen-bond donors (Lipinski definition) is 2. The lowest BCUT2D eigenvalue weighted by Gasteiger charge is -2.08. The van der Waals surface area contributed by atoms with E-state index in [0.717, 1.165) is 17.1 Å². The highest BCUT2D eigenvalue weighted by molar-refractivity contribution is 5.63. The quantitative estimate of drug-likeness (QED) is 0.840. The lowest BCUT2D eigenvalue weighted by Crippen LogP contribution is -1.97. The number of aromatic nitrogens is 2. The van der Waals surface area contributed by atoms with Crippen LogP contribution in [0.25, 0.3) is 11.3 Å². The molecule has 0 amide bonds. The van der Waals surface area contributed by atoms with Crippen molar-refractivity contribution >= 4 is 0 Å². The Morgan fingerprint density at radius 1 is 1.24 bits per heavy atom. The molecule has 0 atom stereocenters. The van der Waals surface area contributed by atoms with E-state index in [-0.39, 0.29) is 0 Å². The number of H-pyrrole nitrogens is 1. The molecule has 0 bridgehead atoms. The smallest absolute Gasteiger partial charge is 0.161 e. The van der Waals surface area contributed by atoms with Crippen molar-refractivity contribution < 1.29 is 9.47 Å². The van der Waals surface area contributed by atoms with Crippen LogP contribution in [0.2, 0.25) is 0 Å². The fourth-order valence-corrected chi connectivity index (χ4v) is 1.62. The minimum atomic E-state index is 0.396. The number of aromatic amines is 1. The van der Waals surface area contributed by atoms with E-state index in [4.69, 9.17) is 15.2 Å². The highest BCUT2D eigenvalue weighted by Crippen LogP contribution is 2.31. The molecule has 0 aliphatic rings. The van der Waals surface area contributed by atoms with E-state index in [9.17, 15) is 0 Å². The van der Waals surface area contributed by atoms with Crippen molar-refractivity contribution in [2.45, 2.75) is 6.54 Å². The summed E-state index contributed by atoms with van der Waals surface area (Å²) in [6.07, 6.45) is 1.75. The molecule has 3 N–H and O–H groups in total. The van der Waals surface area contributed by atoms with Gasteiger partial charge in [0.15, 0.2) is 11.5 Å². The normalized spacial score (nSPS) is 10.3. The summed E-state index contributed by atoms with van der Waals surface area (Å²) in [4.78, 5) is 7.29. The Morgan fingerprint density at radius 2 is 2.00 bits per heavy atom. The average Bonchev–Trinajstić information content (AvgIpc) is 2.86. The molecule has 0 spiro atoms. The Morgan fingerprint density at radius 3 is 2.59 bits per heavy atom. The highest BCUT2D eigenvalue weighted by atomic mass is 16.5. The first kappa shape index (κ1) is 11.5. The predicted octanol–water partition coefficient (Wildman–Crippen LogP) is 1.55. The molecule has 0 saturated heterocycles. The van der Waals surface area contributed by atoms with Crippen LogP contribution >= 0.6 is 0 Å². The van der Waals surface area contributed by atoms with Gasteiger partial charge in [-0.15, -0.1) is 0 Å². The number of imidazole rings is 1. The van der Waals surface area contributed by atoms with Gasteiger partial charge in [-0.1, -0.05) is 0 Å². The number of hydrogen-bond acceptors (Lipinski definition) is 4. The second kappa shape index (κ2) is 4.88. The van der Waals surface area contributed by atoms with Gasteiger partial charge in [0, 0.05) is 5.56 Å². The molecular formula is C12H15N3O2. The summed E-state index contributed by atoms with van der Waals surface area (Å²) < 4.78 is 10.4. The van der Waals surface area contributed by atoms with E-state index < -0.39 is 0 Å². The molecular weight excluding hydrogens is 218 g/mol. The Bertz CT molecular complexity index is 508. The van der Waals surface area contributed by atoms with E-state index in [1.54, 1.807) is 20.4 Å². The summed E-state index contributed by atoms with van der Waals surface area (Å²) in [6, 6.07) is 5.69. The molecule has 0 aliphatic carbocycles. The van der Waals surface area contributed by atoms with Gasteiger partial charge in [-0.3, -0.25) is 0 Å². The molecule has 0 unspecified atom stereocenters. The molecule has 0 fully saturated rings. The van der Waals surface area contributed by atoms with Crippen LogP contribution < -0.4 is 15.2 Å². The fourth-order valence-electron chi connectivity index (χ4n) is 1.62. The first-order valence-electron chi connectivity index (χ1n) is 5.25. The van der Waals surface area contributed by atoms with Gasteiger partial charge in [-0.25, -0.2) is 4.98 Å². The van der Waals surface area contributed by atoms with Crippen molar-refractivity contribution in [3.63, 3.8) is 0 Å². The second-order valence-electron chi connectivity index (χ2n) is 3.52. The van der Waals surface area contributed by atoms with Crippen LogP contribution in [-0.2, 0) is 6.54 Å². The molecule has 17 heavy (non-hydrogen) atoms. The number of ether oxygens (including phenoxy) is 2. The van der Waals surface area contributed by atoms with Gasteiger partial charge in [0.25, 0.3) is 0 Å². The second-order valence-corrected chi connectivity index (χ2v) is 3.52. The molecule has 1 aromatic heterocycles. The zero-order valence-corrected chi connectivity index (χ0v) is 9.86. The van der Waals surface area contributed by atoms with E-state index >= 15 is 0 Å². The van der Waals surface area contributed by atoms with Crippen LogP contribution in [-0.4, -0.2) is 24.2 Å². The van der Waals surface area contributed by atoms with Crippen molar-refractivity contribution in [3.05, 3.63) is 30.2 Å². The van der Waals surface area contributed by atoms with Crippen LogP contribution in [0.3, 0.4) is 0 Å². The van der Waals surface area contributed by atoms with Gasteiger partial charge in [-0.05, 0) is 18.2 Å². The van der Waals surface area contributed by atoms with Crippen molar-refractivity contribution in [2.24, 2.45) is 5.73 Å². The number of rotatable bonds is 4. The molecule has 2 rings (SSSR count). The van der Waals surface area contributed by atoms with Crippen molar-refractivity contribution in [2.75, 3.05) is 14.2 Å². The van der Waals surface area contributed by atoms with E-state index in [0.29, 0.717) is 18.0 Å². The van der Waals surface area contributed by atoms with Gasteiger partial charge in [-0.2, -0.15) is 0 Å². The fraction of sp³-hybridized carbons (Fsp3) is 0.250. The van der Waals surface area contributed by atoms with Crippen molar-refractivity contribution in [1.82, 2.24) is 9.97 Å². The number of methoxy groups -OCH3 is 2. The van der Waals surface area contributed by atoms with E-state index in [1.165, 1.54) is 0 Å². The van der Waals surface area contributed by atoms with Crippen molar-refractivity contribution in [3.8, 4) is 22.8 Å². The summed E-state index contributed by atoms with van der Waals surface area (Å²) in [5, 5.41) is 0. The Balaban J connectivity index is 2.38. The molecule has 5 heteroatoms. The summed E-state index contributed by atoms with van der Waals surface area (Å²) >= 11 is 0. The molecule has 90 valence electrons. The van der Waals surface area contributed by atoms with E-state index in [1.807, 2.05) is 18.2 Å². The molecule has 2 aromatic rings. The maximum atomic E-state index is 5.50. The average molecular weight is 233 g/mol. The summed E-state index contributed by atoms with van der Waals surface area (Å²) in [5.41, 5.74) is 7.39. The first-order valence-corrected chi connectivity index (χ1v) is 5.25. The number of benzene rings is 1. The monoisotopic (exact) mass is 233 g/mol. The molecule has 1 heterocycles. The molecule has 1 aromatic carbocycles. The van der Waals surface area contributed by atoms with Gasteiger partial charge in [0.05, 0.1) is 32.7 Å². The molecule has 0 radical (unpaired) electrons. The zero-order chi connectivity index (χ0) is 12.3. The number of nitrogens with one attached hydrogen (secondary N) is 1. The molecule has 0 saturated carbocycles. The third kappa shape index (κ3) is 2.24. The largest absolute Gasteiger partial charge is 0.493 e. The van der Waals surface area contributed by atoms with Crippen molar-refractivity contribution in [1.29, 1.82) is 0 Å². The Labute approximate surface area is 99.6 Å². The standard InChI is InChI=1S/C12H15N3O2/c1-16-10-4-3-8(5-11(10)17-2)9-7-14-12(6-13)15-9/h3-5,7H,6,13H2,1-2H3,(H,14,15). The third-order valence-corrected chi connectivity index (χ3v) is 2.52. The van der Waals surface area contributed by atoms with Gasteiger partial charge >= 0.3 is 0 Å². The number of nitrogens with zero attached hydrogens (tertiary/aromatic N) is 1. The van der Waals surface area contributed by atoms with Gasteiger partial charge < -0.3 is 20.2 Å². The van der Waals surface area contributed by atoms with Crippen LogP contribution in [0, 0.1) is 0 Å². The summed E-state index contributed by atoms with van der Waals surface area (Å²) in [6.45, 7) is 0.396. The van der Waals surface area contributed by atoms with Crippen LogP contribution in [0.15, 0.2) is 24.4 Å². The van der Waals surface area contributed by atoms with Crippen LogP contribution in [0.1, 0.15) is 5.82 Å². The maximum absolute atomic E-state index is 5.50. The van der Waals surface area contributed by atoms with Gasteiger partial charge in [0.2, 0.25) is 0 Å². The van der Waals surface area contributed by atoms with Crippen LogP contribution in [0.5, 0.6) is 11.5 Å². The SMILES string of the molecule is COc1ccc(-c2cnc(CN)[nH]2)cc1OC. The number of nitrogens with two attached hydrogens (primary N) is 1. The molecule has 0 aliphatic heterocycles. The minimum Gasteiger partial charge on any atom is -0.493 e. The Kier molecular flexibility index (Phi) is 3.30. The first-order chi connectivity index (χ1) is 8.28. The maximum Gasteiger partial charge on any atom is 0.161 e. The summed E-state index contributed by atoms with van der Waals surface area (Å²) in [5.74, 6) is 2.15. The highest BCUT2D eigenvalue weighted by Gasteiger charge is 2.07. The minimum absolute atomic E-state index is 0.396.